The molecule has 0 saturated carbocycles. The summed E-state index contributed by atoms with van der Waals surface area (Å²) >= 11 is 4.99. The Bertz CT molecular complexity index is 473. The average molecular weight is 233 g/mol. The zero-order valence-corrected chi connectivity index (χ0v) is 9.14. The van der Waals surface area contributed by atoms with E-state index in [-0.39, 0.29) is 11.8 Å². The highest BCUT2D eigenvalue weighted by molar-refractivity contribution is 7.91. The highest BCUT2D eigenvalue weighted by atomic mass is 32.2. The Morgan fingerprint density at radius 3 is 3.00 bits per heavy atom. The maximum atomic E-state index is 11.4. The first-order valence-electron chi connectivity index (χ1n) is 4.40. The number of nitrogens with one attached hydrogen (secondary N) is 1. The Hall–Kier alpha value is -0.690. The van der Waals surface area contributed by atoms with Crippen molar-refractivity contribution in [1.82, 2.24) is 14.8 Å². The lowest BCUT2D eigenvalue weighted by Gasteiger charge is -2.22. The Balaban J connectivity index is 2.29. The van der Waals surface area contributed by atoms with Crippen LogP contribution >= 0.6 is 12.2 Å². The highest BCUT2D eigenvalue weighted by Gasteiger charge is 2.26. The van der Waals surface area contributed by atoms with Crippen molar-refractivity contribution in [3.63, 3.8) is 0 Å². The van der Waals surface area contributed by atoms with E-state index in [1.165, 1.54) is 0 Å². The molecule has 0 amide bonds. The summed E-state index contributed by atoms with van der Waals surface area (Å²) in [6.07, 6.45) is 3.13. The Morgan fingerprint density at radius 1 is 1.64 bits per heavy atom. The molecule has 1 N–H and O–H groups in total. The predicted molar refractivity (Wildman–Crippen MR) is 54.3 cm³/mol. The van der Waals surface area contributed by atoms with Gasteiger partial charge in [0.15, 0.2) is 14.6 Å². The lowest BCUT2D eigenvalue weighted by atomic mass is 10.2. The Morgan fingerprint density at radius 2 is 2.43 bits per heavy atom. The van der Waals surface area contributed by atoms with Gasteiger partial charge in [-0.2, -0.15) is 5.10 Å². The summed E-state index contributed by atoms with van der Waals surface area (Å²) in [7, 11) is -2.88. The van der Waals surface area contributed by atoms with Gasteiger partial charge < -0.3 is 4.57 Å². The molecule has 0 spiro atoms. The second kappa shape index (κ2) is 3.47. The molecule has 1 aromatic rings. The van der Waals surface area contributed by atoms with Crippen LogP contribution in [0, 0.1) is 4.77 Å². The normalized spacial score (nSPS) is 26.1. The van der Waals surface area contributed by atoms with Crippen LogP contribution in [-0.2, 0) is 9.84 Å². The summed E-state index contributed by atoms with van der Waals surface area (Å²) in [5.41, 5.74) is 0. The SMILES string of the molecule is O=S1(=O)CCCC(n2cn[nH]c2=S)C1. The van der Waals surface area contributed by atoms with E-state index >= 15 is 0 Å². The van der Waals surface area contributed by atoms with Crippen LogP contribution in [-0.4, -0.2) is 34.7 Å². The molecule has 7 heteroatoms. The van der Waals surface area contributed by atoms with Gasteiger partial charge in [0, 0.05) is 0 Å². The van der Waals surface area contributed by atoms with Gasteiger partial charge in [-0.15, -0.1) is 0 Å². The van der Waals surface area contributed by atoms with Crippen LogP contribution in [0.2, 0.25) is 0 Å². The number of hydrogen-bond donors (Lipinski definition) is 1. The molecular formula is C7H11N3O2S2. The number of aromatic amines is 1. The first kappa shape index (κ1) is 9.85. The maximum Gasteiger partial charge on any atom is 0.195 e. The maximum absolute atomic E-state index is 11.4. The van der Waals surface area contributed by atoms with Gasteiger partial charge >= 0.3 is 0 Å². The van der Waals surface area contributed by atoms with Gasteiger partial charge in [0.2, 0.25) is 0 Å². The van der Waals surface area contributed by atoms with Crippen molar-refractivity contribution in [2.75, 3.05) is 11.5 Å². The second-order valence-electron chi connectivity index (χ2n) is 3.48. The summed E-state index contributed by atoms with van der Waals surface area (Å²) in [4.78, 5) is 0. The molecule has 2 rings (SSSR count). The molecular weight excluding hydrogens is 222 g/mol. The molecule has 2 heterocycles. The van der Waals surface area contributed by atoms with E-state index in [1.807, 2.05) is 0 Å². The largest absolute Gasteiger partial charge is 0.303 e. The van der Waals surface area contributed by atoms with E-state index in [2.05, 4.69) is 10.2 Å². The third kappa shape index (κ3) is 1.88. The van der Waals surface area contributed by atoms with Gasteiger partial charge in [0.25, 0.3) is 0 Å². The molecule has 14 heavy (non-hydrogen) atoms. The van der Waals surface area contributed by atoms with E-state index in [9.17, 15) is 8.42 Å². The number of hydrogen-bond acceptors (Lipinski definition) is 4. The molecule has 0 aliphatic carbocycles. The van der Waals surface area contributed by atoms with Crippen molar-refractivity contribution in [3.8, 4) is 0 Å². The van der Waals surface area contributed by atoms with Gasteiger partial charge in [-0.05, 0) is 25.1 Å². The Labute approximate surface area is 87.1 Å². The zero-order valence-electron chi connectivity index (χ0n) is 7.51. The van der Waals surface area contributed by atoms with Crippen LogP contribution < -0.4 is 0 Å². The van der Waals surface area contributed by atoms with Crippen molar-refractivity contribution < 1.29 is 8.42 Å². The quantitative estimate of drug-likeness (QED) is 0.725. The Kier molecular flexibility index (Phi) is 2.44. The van der Waals surface area contributed by atoms with Crippen LogP contribution in [0.15, 0.2) is 6.33 Å². The fraction of sp³-hybridized carbons (Fsp3) is 0.714. The van der Waals surface area contributed by atoms with Crippen molar-refractivity contribution in [2.45, 2.75) is 18.9 Å². The molecule has 0 aromatic carbocycles. The molecule has 1 unspecified atom stereocenters. The molecule has 0 radical (unpaired) electrons. The molecule has 1 saturated heterocycles. The van der Waals surface area contributed by atoms with Gasteiger partial charge in [-0.25, -0.2) is 8.42 Å². The molecule has 1 aliphatic heterocycles. The lowest BCUT2D eigenvalue weighted by molar-refractivity contribution is 0.466. The van der Waals surface area contributed by atoms with Crippen molar-refractivity contribution in [2.24, 2.45) is 0 Å². The van der Waals surface area contributed by atoms with Crippen molar-refractivity contribution in [1.29, 1.82) is 0 Å². The summed E-state index contributed by atoms with van der Waals surface area (Å²) in [5, 5.41) is 6.41. The van der Waals surface area contributed by atoms with E-state index < -0.39 is 9.84 Å². The predicted octanol–water partition coefficient (Wildman–Crippen LogP) is 0.690. The van der Waals surface area contributed by atoms with Crippen LogP contribution in [0.5, 0.6) is 0 Å². The summed E-state index contributed by atoms with van der Waals surface area (Å²) in [6.45, 7) is 0. The molecule has 1 fully saturated rings. The van der Waals surface area contributed by atoms with Crippen LogP contribution in [0.1, 0.15) is 18.9 Å². The molecule has 1 atom stereocenters. The van der Waals surface area contributed by atoms with E-state index in [1.54, 1.807) is 10.9 Å². The molecule has 1 aliphatic rings. The van der Waals surface area contributed by atoms with Crippen molar-refractivity contribution in [3.05, 3.63) is 11.1 Å². The summed E-state index contributed by atoms with van der Waals surface area (Å²) in [6, 6.07) is -0.0417. The van der Waals surface area contributed by atoms with Gasteiger partial charge in [-0.3, -0.25) is 5.10 Å². The number of aromatic nitrogens is 3. The zero-order chi connectivity index (χ0) is 10.2. The minimum atomic E-state index is -2.88. The topological polar surface area (TPSA) is 67.8 Å². The monoisotopic (exact) mass is 233 g/mol. The van der Waals surface area contributed by atoms with Crippen LogP contribution in [0.3, 0.4) is 0 Å². The first-order chi connectivity index (χ1) is 6.58. The van der Waals surface area contributed by atoms with E-state index in [0.717, 1.165) is 6.42 Å². The highest BCUT2D eigenvalue weighted by Crippen LogP contribution is 2.22. The number of H-pyrrole nitrogens is 1. The van der Waals surface area contributed by atoms with E-state index in [0.29, 0.717) is 16.9 Å². The third-order valence-corrected chi connectivity index (χ3v) is 4.51. The number of sulfone groups is 1. The lowest BCUT2D eigenvalue weighted by Crippen LogP contribution is -2.27. The van der Waals surface area contributed by atoms with Gasteiger partial charge in [-0.1, -0.05) is 0 Å². The standard InChI is InChI=1S/C7H11N3O2S2/c11-14(12)3-1-2-6(4-14)10-5-8-9-7(10)13/h5-6H,1-4H2,(H,9,13). The fourth-order valence-electron chi connectivity index (χ4n) is 1.73. The van der Waals surface area contributed by atoms with Crippen molar-refractivity contribution >= 4 is 22.1 Å². The third-order valence-electron chi connectivity index (χ3n) is 2.41. The van der Waals surface area contributed by atoms with Crippen LogP contribution in [0.25, 0.3) is 0 Å². The molecule has 5 nitrogen and oxygen atoms in total. The fourth-order valence-corrected chi connectivity index (χ4v) is 3.67. The number of nitrogens with zero attached hydrogens (tertiary/aromatic N) is 2. The van der Waals surface area contributed by atoms with Gasteiger partial charge in [0.05, 0.1) is 17.5 Å². The average Bonchev–Trinajstić information content (AvgIpc) is 2.49. The molecule has 0 bridgehead atoms. The summed E-state index contributed by atoms with van der Waals surface area (Å²) < 4.78 is 25.0. The minimum Gasteiger partial charge on any atom is -0.303 e. The van der Waals surface area contributed by atoms with E-state index in [4.69, 9.17) is 12.2 Å². The second-order valence-corrected chi connectivity index (χ2v) is 6.09. The number of rotatable bonds is 1. The molecule has 78 valence electrons. The van der Waals surface area contributed by atoms with Gasteiger partial charge in [0.1, 0.15) is 6.33 Å². The first-order valence-corrected chi connectivity index (χ1v) is 6.63. The van der Waals surface area contributed by atoms with Crippen LogP contribution in [0.4, 0.5) is 0 Å². The summed E-state index contributed by atoms with van der Waals surface area (Å²) in [5.74, 6) is 0.482. The molecule has 1 aromatic heterocycles. The smallest absolute Gasteiger partial charge is 0.195 e. The minimum absolute atomic E-state index is 0.0417.